The SMILES string of the molecule is CCC[C@@]1(O)[C@H](O)[C@@H](CO)O[C@H]1n1cnc2c(NC3CCCC3)ncnc21. The second-order valence-electron chi connectivity index (χ2n) is 7.57. The van der Waals surface area contributed by atoms with Gasteiger partial charge in [0.1, 0.15) is 24.1 Å². The van der Waals surface area contributed by atoms with Crippen LogP contribution in [-0.2, 0) is 4.74 Å². The summed E-state index contributed by atoms with van der Waals surface area (Å²) in [5.74, 6) is 0.668. The quantitative estimate of drug-likeness (QED) is 0.587. The first-order valence-electron chi connectivity index (χ1n) is 9.69. The molecule has 1 saturated carbocycles. The number of aliphatic hydroxyl groups excluding tert-OH is 2. The van der Waals surface area contributed by atoms with Crippen LogP contribution in [-0.4, -0.2) is 65.3 Å². The van der Waals surface area contributed by atoms with Crippen LogP contribution in [0.15, 0.2) is 12.7 Å². The Morgan fingerprint density at radius 1 is 1.30 bits per heavy atom. The lowest BCUT2D eigenvalue weighted by molar-refractivity contribution is -0.112. The van der Waals surface area contributed by atoms with Gasteiger partial charge in [0.2, 0.25) is 0 Å². The van der Waals surface area contributed by atoms with Crippen LogP contribution in [0.1, 0.15) is 51.7 Å². The molecule has 148 valence electrons. The first-order valence-corrected chi connectivity index (χ1v) is 9.69. The van der Waals surface area contributed by atoms with Gasteiger partial charge in [0.05, 0.1) is 12.9 Å². The molecule has 2 aromatic rings. The van der Waals surface area contributed by atoms with Crippen LogP contribution in [0.5, 0.6) is 0 Å². The summed E-state index contributed by atoms with van der Waals surface area (Å²) in [4.78, 5) is 13.1. The summed E-state index contributed by atoms with van der Waals surface area (Å²) in [6, 6.07) is 0.383. The maximum Gasteiger partial charge on any atom is 0.168 e. The van der Waals surface area contributed by atoms with Crippen molar-refractivity contribution in [3.8, 4) is 0 Å². The summed E-state index contributed by atoms with van der Waals surface area (Å²) in [5, 5.41) is 34.6. The lowest BCUT2D eigenvalue weighted by Gasteiger charge is -2.31. The Morgan fingerprint density at radius 2 is 2.07 bits per heavy atom. The molecule has 0 spiro atoms. The molecule has 3 heterocycles. The molecule has 4 N–H and O–H groups in total. The van der Waals surface area contributed by atoms with Crippen LogP contribution in [0.2, 0.25) is 0 Å². The fourth-order valence-electron chi connectivity index (χ4n) is 4.34. The topological polar surface area (TPSA) is 126 Å². The maximum atomic E-state index is 11.2. The number of fused-ring (bicyclic) bond motifs is 1. The number of rotatable bonds is 6. The first-order chi connectivity index (χ1) is 13.1. The van der Waals surface area contributed by atoms with Crippen molar-refractivity contribution >= 4 is 17.0 Å². The highest BCUT2D eigenvalue weighted by molar-refractivity contribution is 5.82. The van der Waals surface area contributed by atoms with Crippen LogP contribution in [0.3, 0.4) is 0 Å². The molecule has 9 heteroatoms. The third kappa shape index (κ3) is 3.08. The van der Waals surface area contributed by atoms with Crippen molar-refractivity contribution in [2.75, 3.05) is 11.9 Å². The number of nitrogens with one attached hydrogen (secondary N) is 1. The van der Waals surface area contributed by atoms with E-state index in [1.165, 1.54) is 19.2 Å². The molecule has 1 saturated heterocycles. The third-order valence-electron chi connectivity index (χ3n) is 5.73. The zero-order valence-electron chi connectivity index (χ0n) is 15.5. The number of hydrogen-bond acceptors (Lipinski definition) is 8. The van der Waals surface area contributed by atoms with Crippen molar-refractivity contribution in [2.45, 2.75) is 75.5 Å². The number of anilines is 1. The molecular weight excluding hydrogens is 350 g/mol. The van der Waals surface area contributed by atoms with Gasteiger partial charge in [-0.2, -0.15) is 0 Å². The Hall–Kier alpha value is -1.81. The van der Waals surface area contributed by atoms with Gasteiger partial charge in [0, 0.05) is 6.04 Å². The fourth-order valence-corrected chi connectivity index (χ4v) is 4.34. The molecule has 0 radical (unpaired) electrons. The third-order valence-corrected chi connectivity index (χ3v) is 5.73. The average molecular weight is 377 g/mol. The molecule has 2 aromatic heterocycles. The second-order valence-corrected chi connectivity index (χ2v) is 7.57. The molecular formula is C18H27N5O4. The van der Waals surface area contributed by atoms with Crippen molar-refractivity contribution in [2.24, 2.45) is 0 Å². The summed E-state index contributed by atoms with van der Waals surface area (Å²) >= 11 is 0. The molecule has 0 aromatic carbocycles. The van der Waals surface area contributed by atoms with Crippen molar-refractivity contribution in [1.29, 1.82) is 0 Å². The zero-order chi connectivity index (χ0) is 19.0. The second kappa shape index (κ2) is 7.31. The molecule has 0 amide bonds. The number of hydrogen-bond donors (Lipinski definition) is 4. The molecule has 1 aliphatic heterocycles. The fraction of sp³-hybridized carbons (Fsp3) is 0.722. The highest BCUT2D eigenvalue weighted by atomic mass is 16.6. The van der Waals surface area contributed by atoms with Gasteiger partial charge >= 0.3 is 0 Å². The molecule has 4 atom stereocenters. The largest absolute Gasteiger partial charge is 0.394 e. The average Bonchev–Trinajstić information content (AvgIpc) is 3.37. The van der Waals surface area contributed by atoms with Gasteiger partial charge in [-0.1, -0.05) is 26.2 Å². The van der Waals surface area contributed by atoms with E-state index in [0.29, 0.717) is 35.9 Å². The summed E-state index contributed by atoms with van der Waals surface area (Å²) in [7, 11) is 0. The molecule has 1 aliphatic carbocycles. The Morgan fingerprint density at radius 3 is 2.78 bits per heavy atom. The minimum absolute atomic E-state index is 0.327. The minimum atomic E-state index is -1.53. The Bertz CT molecular complexity index is 793. The number of aromatic nitrogens is 4. The molecule has 27 heavy (non-hydrogen) atoms. The van der Waals surface area contributed by atoms with Crippen molar-refractivity contribution in [1.82, 2.24) is 19.5 Å². The van der Waals surface area contributed by atoms with Gasteiger partial charge in [-0.3, -0.25) is 4.57 Å². The van der Waals surface area contributed by atoms with E-state index in [2.05, 4.69) is 20.3 Å². The highest BCUT2D eigenvalue weighted by Gasteiger charge is 2.55. The van der Waals surface area contributed by atoms with Gasteiger partial charge in [0.25, 0.3) is 0 Å². The summed E-state index contributed by atoms with van der Waals surface area (Å²) in [6.07, 6.45) is 5.70. The zero-order valence-corrected chi connectivity index (χ0v) is 15.5. The van der Waals surface area contributed by atoms with Crippen LogP contribution in [0, 0.1) is 0 Å². The standard InChI is InChI=1S/C18H27N5O4/c1-2-7-18(26)14(25)12(8-24)27-17(18)23-10-21-13-15(19-9-20-16(13)23)22-11-5-3-4-6-11/h9-12,14,17,24-26H,2-8H2,1H3,(H,19,20,22)/t12-,14-,17-,18-/m1/s1. The van der Waals surface area contributed by atoms with Gasteiger partial charge in [-0.15, -0.1) is 0 Å². The molecule has 2 fully saturated rings. The number of nitrogens with zero attached hydrogens (tertiary/aromatic N) is 4. The Kier molecular flexibility index (Phi) is 5.02. The van der Waals surface area contributed by atoms with Gasteiger partial charge in [-0.05, 0) is 19.3 Å². The first kappa shape index (κ1) is 18.5. The smallest absolute Gasteiger partial charge is 0.168 e. The number of imidazole rings is 1. The number of ether oxygens (including phenoxy) is 1. The van der Waals surface area contributed by atoms with E-state index in [-0.39, 0.29) is 6.61 Å². The van der Waals surface area contributed by atoms with E-state index in [1.807, 2.05) is 6.92 Å². The van der Waals surface area contributed by atoms with Crippen LogP contribution in [0.4, 0.5) is 5.82 Å². The van der Waals surface area contributed by atoms with Crippen molar-refractivity contribution in [3.05, 3.63) is 12.7 Å². The minimum Gasteiger partial charge on any atom is -0.394 e. The van der Waals surface area contributed by atoms with Gasteiger partial charge in [0.15, 0.2) is 23.2 Å². The summed E-state index contributed by atoms with van der Waals surface area (Å²) in [5.41, 5.74) is -0.399. The molecule has 9 nitrogen and oxygen atoms in total. The van der Waals surface area contributed by atoms with Gasteiger partial charge in [-0.25, -0.2) is 15.0 Å². The Balaban J connectivity index is 1.70. The molecule has 0 bridgehead atoms. The Labute approximate surface area is 157 Å². The number of aliphatic hydroxyl groups is 3. The maximum absolute atomic E-state index is 11.2. The van der Waals surface area contributed by atoms with Gasteiger partial charge < -0.3 is 25.4 Å². The monoisotopic (exact) mass is 377 g/mol. The van der Waals surface area contributed by atoms with E-state index >= 15 is 0 Å². The van der Waals surface area contributed by atoms with E-state index in [1.54, 1.807) is 10.9 Å². The molecule has 4 rings (SSSR count). The predicted octanol–water partition coefficient (Wildman–Crippen LogP) is 0.963. The van der Waals surface area contributed by atoms with E-state index in [9.17, 15) is 15.3 Å². The van der Waals surface area contributed by atoms with Crippen LogP contribution >= 0.6 is 0 Å². The molecule has 0 unspecified atom stereocenters. The van der Waals surface area contributed by atoms with E-state index in [0.717, 1.165) is 12.8 Å². The van der Waals surface area contributed by atoms with Crippen molar-refractivity contribution < 1.29 is 20.1 Å². The normalized spacial score (nSPS) is 31.8. The van der Waals surface area contributed by atoms with Crippen LogP contribution < -0.4 is 5.32 Å². The lowest BCUT2D eigenvalue weighted by atomic mass is 9.89. The van der Waals surface area contributed by atoms with Crippen molar-refractivity contribution in [3.63, 3.8) is 0 Å². The lowest BCUT2D eigenvalue weighted by Crippen LogP contribution is -2.46. The van der Waals surface area contributed by atoms with E-state index < -0.39 is 24.0 Å². The van der Waals surface area contributed by atoms with E-state index in [4.69, 9.17) is 4.74 Å². The highest BCUT2D eigenvalue weighted by Crippen LogP contribution is 2.42. The van der Waals surface area contributed by atoms with Crippen LogP contribution in [0.25, 0.3) is 11.2 Å². The summed E-state index contributed by atoms with van der Waals surface area (Å²) in [6.45, 7) is 1.55. The molecule has 2 aliphatic rings. The predicted molar refractivity (Wildman–Crippen MR) is 98.1 cm³/mol. The summed E-state index contributed by atoms with van der Waals surface area (Å²) < 4.78 is 7.44.